The Morgan fingerprint density at radius 1 is 1.27 bits per heavy atom. The molecule has 0 spiro atoms. The molecule has 1 aliphatic heterocycles. The molecule has 0 atom stereocenters. The van der Waals surface area contributed by atoms with Gasteiger partial charge in [-0.2, -0.15) is 22.0 Å². The van der Waals surface area contributed by atoms with Gasteiger partial charge in [-0.1, -0.05) is 18.5 Å². The van der Waals surface area contributed by atoms with Crippen LogP contribution in [0, 0.1) is 6.92 Å². The Morgan fingerprint density at radius 2 is 1.95 bits per heavy atom. The van der Waals surface area contributed by atoms with E-state index in [0.29, 0.717) is 51.0 Å². The van der Waals surface area contributed by atoms with Gasteiger partial charge in [0.25, 0.3) is 10.2 Å². The largest absolute Gasteiger partial charge is 0.340 e. The van der Waals surface area contributed by atoms with Crippen LogP contribution in [0.15, 0.2) is 4.52 Å². The van der Waals surface area contributed by atoms with Gasteiger partial charge in [0.05, 0.1) is 6.54 Å². The predicted octanol–water partition coefficient (Wildman–Crippen LogP) is 0.472. The third kappa shape index (κ3) is 4.25. The summed E-state index contributed by atoms with van der Waals surface area (Å²) < 4.78 is 32.9. The van der Waals surface area contributed by atoms with Crippen LogP contribution in [0.5, 0.6) is 0 Å². The minimum Gasteiger partial charge on any atom is -0.340 e. The summed E-state index contributed by atoms with van der Waals surface area (Å²) in [4.78, 5) is 6.32. The lowest BCUT2D eigenvalue weighted by molar-refractivity contribution is 0.171. The summed E-state index contributed by atoms with van der Waals surface area (Å²) in [7, 11) is -1.68. The average molecular weight is 331 g/mol. The lowest BCUT2D eigenvalue weighted by atomic mass is 10.3. The van der Waals surface area contributed by atoms with Gasteiger partial charge in [-0.05, 0) is 6.42 Å². The molecule has 0 unspecified atom stereocenters. The number of nitrogens with zero attached hydrogens (tertiary/aromatic N) is 5. The first-order valence-corrected chi connectivity index (χ1v) is 9.06. The number of piperazine rings is 1. The first-order chi connectivity index (χ1) is 10.4. The minimum atomic E-state index is -3.34. The number of unbranched alkanes of at least 4 members (excludes halogenated alkanes) is 1. The Bertz CT molecular complexity index is 566. The SMILES string of the molecule is CCCCN(C)S(=O)(=O)N1CCN(Cc2noc(C)n2)CC1. The molecule has 0 bridgehead atoms. The van der Waals surface area contributed by atoms with Crippen LogP contribution in [0.1, 0.15) is 31.5 Å². The Kier molecular flexibility index (Phi) is 5.90. The van der Waals surface area contributed by atoms with Crippen LogP contribution in [0.3, 0.4) is 0 Å². The fraction of sp³-hybridized carbons (Fsp3) is 0.846. The molecule has 0 amide bonds. The number of aryl methyl sites for hydroxylation is 1. The van der Waals surface area contributed by atoms with Crippen molar-refractivity contribution in [2.75, 3.05) is 39.8 Å². The molecule has 0 N–H and O–H groups in total. The zero-order valence-electron chi connectivity index (χ0n) is 13.5. The molecule has 1 saturated heterocycles. The molecule has 0 saturated carbocycles. The van der Waals surface area contributed by atoms with E-state index >= 15 is 0 Å². The van der Waals surface area contributed by atoms with E-state index in [2.05, 4.69) is 22.0 Å². The smallest absolute Gasteiger partial charge is 0.281 e. The van der Waals surface area contributed by atoms with Gasteiger partial charge in [0.1, 0.15) is 0 Å². The molecule has 9 heteroatoms. The van der Waals surface area contributed by atoms with Gasteiger partial charge in [-0.3, -0.25) is 4.90 Å². The number of hydrogen-bond donors (Lipinski definition) is 0. The van der Waals surface area contributed by atoms with E-state index in [1.54, 1.807) is 18.3 Å². The second kappa shape index (κ2) is 7.49. The quantitative estimate of drug-likeness (QED) is 0.722. The van der Waals surface area contributed by atoms with Crippen LogP contribution in [0.25, 0.3) is 0 Å². The highest BCUT2D eigenvalue weighted by molar-refractivity contribution is 7.86. The van der Waals surface area contributed by atoms with E-state index in [0.717, 1.165) is 12.8 Å². The molecule has 126 valence electrons. The zero-order chi connectivity index (χ0) is 16.2. The average Bonchev–Trinajstić information content (AvgIpc) is 2.90. The van der Waals surface area contributed by atoms with E-state index in [-0.39, 0.29) is 0 Å². The van der Waals surface area contributed by atoms with Crippen LogP contribution in [-0.2, 0) is 16.8 Å². The summed E-state index contributed by atoms with van der Waals surface area (Å²) in [5.74, 6) is 1.20. The first-order valence-electron chi connectivity index (χ1n) is 7.66. The lowest BCUT2D eigenvalue weighted by Gasteiger charge is -2.35. The molecule has 2 heterocycles. The van der Waals surface area contributed by atoms with Crippen molar-refractivity contribution in [3.05, 3.63) is 11.7 Å². The molecule has 1 fully saturated rings. The molecule has 1 aliphatic rings. The molecule has 2 rings (SSSR count). The van der Waals surface area contributed by atoms with Crippen LogP contribution >= 0.6 is 0 Å². The summed E-state index contributed by atoms with van der Waals surface area (Å²) in [5.41, 5.74) is 0. The molecule has 8 nitrogen and oxygen atoms in total. The monoisotopic (exact) mass is 331 g/mol. The molecule has 1 aromatic heterocycles. The predicted molar refractivity (Wildman–Crippen MR) is 82.3 cm³/mol. The van der Waals surface area contributed by atoms with Gasteiger partial charge < -0.3 is 4.52 Å². The van der Waals surface area contributed by atoms with Crippen molar-refractivity contribution in [2.24, 2.45) is 0 Å². The standard InChI is InChI=1S/C13H25N5O3S/c1-4-5-6-16(3)22(19,20)18-9-7-17(8-10-18)11-13-14-12(2)21-15-13/h4-11H2,1-3H3. The minimum absolute atomic E-state index is 0.496. The maximum Gasteiger partial charge on any atom is 0.281 e. The molecule has 22 heavy (non-hydrogen) atoms. The maximum absolute atomic E-state index is 12.5. The summed E-state index contributed by atoms with van der Waals surface area (Å²) >= 11 is 0. The molecule has 0 aromatic carbocycles. The number of rotatable bonds is 7. The van der Waals surface area contributed by atoms with Crippen molar-refractivity contribution < 1.29 is 12.9 Å². The summed E-state index contributed by atoms with van der Waals surface area (Å²) in [6.07, 6.45) is 1.87. The van der Waals surface area contributed by atoms with Crippen LogP contribution in [0.2, 0.25) is 0 Å². The second-order valence-corrected chi connectivity index (χ2v) is 7.62. The van der Waals surface area contributed by atoms with Crippen molar-refractivity contribution >= 4 is 10.2 Å². The van der Waals surface area contributed by atoms with Crippen LogP contribution in [0.4, 0.5) is 0 Å². The van der Waals surface area contributed by atoms with Crippen molar-refractivity contribution in [1.29, 1.82) is 0 Å². The Morgan fingerprint density at radius 3 is 2.50 bits per heavy atom. The van der Waals surface area contributed by atoms with Gasteiger partial charge in [0, 0.05) is 46.7 Å². The molecule has 0 aliphatic carbocycles. The Labute approximate surface area is 132 Å². The van der Waals surface area contributed by atoms with Crippen molar-refractivity contribution in [1.82, 2.24) is 23.7 Å². The molecular formula is C13H25N5O3S. The Hall–Kier alpha value is -1.03. The second-order valence-electron chi connectivity index (χ2n) is 5.59. The molecule has 1 aromatic rings. The maximum atomic E-state index is 12.5. The fourth-order valence-corrected chi connectivity index (χ4v) is 3.80. The third-order valence-corrected chi connectivity index (χ3v) is 5.80. The highest BCUT2D eigenvalue weighted by Gasteiger charge is 2.30. The number of aromatic nitrogens is 2. The van der Waals surface area contributed by atoms with Gasteiger partial charge in [0.15, 0.2) is 5.82 Å². The summed E-state index contributed by atoms with van der Waals surface area (Å²) in [6.45, 7) is 7.32. The van der Waals surface area contributed by atoms with Crippen molar-refractivity contribution in [3.8, 4) is 0 Å². The normalized spacial score (nSPS) is 18.2. The van der Waals surface area contributed by atoms with Crippen LogP contribution in [-0.4, -0.2) is 71.8 Å². The van der Waals surface area contributed by atoms with Gasteiger partial charge in [0.2, 0.25) is 5.89 Å². The van der Waals surface area contributed by atoms with E-state index < -0.39 is 10.2 Å². The highest BCUT2D eigenvalue weighted by atomic mass is 32.2. The van der Waals surface area contributed by atoms with Gasteiger partial charge in [-0.15, -0.1) is 0 Å². The highest BCUT2D eigenvalue weighted by Crippen LogP contribution is 2.13. The first kappa shape index (κ1) is 17.3. The van der Waals surface area contributed by atoms with E-state index in [1.165, 1.54) is 4.31 Å². The summed E-state index contributed by atoms with van der Waals surface area (Å²) in [5, 5.41) is 3.87. The van der Waals surface area contributed by atoms with E-state index in [9.17, 15) is 8.42 Å². The molecule has 0 radical (unpaired) electrons. The topological polar surface area (TPSA) is 82.8 Å². The third-order valence-electron chi connectivity index (χ3n) is 3.81. The van der Waals surface area contributed by atoms with Crippen molar-refractivity contribution in [3.63, 3.8) is 0 Å². The summed E-state index contributed by atoms with van der Waals surface area (Å²) in [6, 6.07) is 0. The lowest BCUT2D eigenvalue weighted by Crippen LogP contribution is -2.52. The molecular weight excluding hydrogens is 306 g/mol. The number of hydrogen-bond acceptors (Lipinski definition) is 6. The zero-order valence-corrected chi connectivity index (χ0v) is 14.3. The van der Waals surface area contributed by atoms with Gasteiger partial charge >= 0.3 is 0 Å². The van der Waals surface area contributed by atoms with Crippen LogP contribution < -0.4 is 0 Å². The fourth-order valence-electron chi connectivity index (χ4n) is 2.42. The van der Waals surface area contributed by atoms with Crippen molar-refractivity contribution in [2.45, 2.75) is 33.2 Å². The van der Waals surface area contributed by atoms with E-state index in [1.807, 2.05) is 0 Å². The van der Waals surface area contributed by atoms with E-state index in [4.69, 9.17) is 4.52 Å². The van der Waals surface area contributed by atoms with Gasteiger partial charge in [-0.25, -0.2) is 0 Å². The Balaban J connectivity index is 1.85.